The third kappa shape index (κ3) is 2.09. The van der Waals surface area contributed by atoms with Crippen molar-refractivity contribution in [1.29, 1.82) is 0 Å². The van der Waals surface area contributed by atoms with Crippen molar-refractivity contribution in [3.8, 4) is 11.6 Å². The molecule has 5 heteroatoms. The molecule has 2 aromatic rings. The minimum Gasteiger partial charge on any atom is -0.458 e. The lowest BCUT2D eigenvalue weighted by molar-refractivity contribution is 0.503. The van der Waals surface area contributed by atoms with Crippen LogP contribution in [-0.4, -0.2) is 14.8 Å². The maximum Gasteiger partial charge on any atom is 0.198 e. The first-order valence-corrected chi connectivity index (χ1v) is 5.70. The van der Waals surface area contributed by atoms with Crippen molar-refractivity contribution in [3.05, 3.63) is 22.7 Å². The molecule has 0 radical (unpaired) electrons. The van der Waals surface area contributed by atoms with Gasteiger partial charge in [0, 0.05) is 6.54 Å². The topological polar surface area (TPSA) is 46.8 Å². The molecule has 0 aliphatic rings. The highest BCUT2D eigenvalue weighted by Crippen LogP contribution is 2.20. The van der Waals surface area contributed by atoms with E-state index in [0.29, 0.717) is 10.7 Å². The van der Waals surface area contributed by atoms with Crippen molar-refractivity contribution in [1.82, 2.24) is 14.8 Å². The summed E-state index contributed by atoms with van der Waals surface area (Å²) >= 11 is 5.20. The van der Waals surface area contributed by atoms with Gasteiger partial charge in [0.15, 0.2) is 16.4 Å². The van der Waals surface area contributed by atoms with Crippen LogP contribution in [0.2, 0.25) is 0 Å². The van der Waals surface area contributed by atoms with Crippen molar-refractivity contribution in [2.24, 2.45) is 5.92 Å². The van der Waals surface area contributed by atoms with Crippen LogP contribution in [0.3, 0.4) is 0 Å². The Bertz CT molecular complexity index is 535. The average molecular weight is 237 g/mol. The first kappa shape index (κ1) is 11.1. The molecular formula is C11H15N3OS. The van der Waals surface area contributed by atoms with Crippen LogP contribution in [0.25, 0.3) is 11.6 Å². The lowest BCUT2D eigenvalue weighted by Gasteiger charge is -2.07. The average Bonchev–Trinajstić information content (AvgIpc) is 2.75. The van der Waals surface area contributed by atoms with E-state index in [1.807, 2.05) is 23.6 Å². The monoisotopic (exact) mass is 237 g/mol. The van der Waals surface area contributed by atoms with Gasteiger partial charge in [0.1, 0.15) is 5.76 Å². The fraction of sp³-hybridized carbons (Fsp3) is 0.455. The predicted octanol–water partition coefficient (Wildman–Crippen LogP) is 3.17. The molecule has 0 saturated carbocycles. The Labute approximate surface area is 99.3 Å². The Morgan fingerprint density at radius 3 is 2.81 bits per heavy atom. The second-order valence-electron chi connectivity index (χ2n) is 4.27. The predicted molar refractivity (Wildman–Crippen MR) is 64.7 cm³/mol. The Hall–Kier alpha value is -1.36. The third-order valence-electron chi connectivity index (χ3n) is 2.27. The van der Waals surface area contributed by atoms with Crippen molar-refractivity contribution < 1.29 is 4.42 Å². The molecule has 0 amide bonds. The molecule has 0 unspecified atom stereocenters. The smallest absolute Gasteiger partial charge is 0.198 e. The van der Waals surface area contributed by atoms with E-state index < -0.39 is 0 Å². The highest BCUT2D eigenvalue weighted by molar-refractivity contribution is 7.71. The number of aryl methyl sites for hydroxylation is 1. The van der Waals surface area contributed by atoms with Crippen LogP contribution in [0.5, 0.6) is 0 Å². The van der Waals surface area contributed by atoms with Crippen LogP contribution in [0.1, 0.15) is 19.6 Å². The number of furan rings is 1. The van der Waals surface area contributed by atoms with Crippen molar-refractivity contribution in [2.45, 2.75) is 27.3 Å². The van der Waals surface area contributed by atoms with E-state index >= 15 is 0 Å². The number of nitrogens with one attached hydrogen (secondary N) is 1. The number of hydrogen-bond acceptors (Lipinski definition) is 3. The summed E-state index contributed by atoms with van der Waals surface area (Å²) in [6.07, 6.45) is 0. The fourth-order valence-corrected chi connectivity index (χ4v) is 1.80. The molecule has 0 fully saturated rings. The van der Waals surface area contributed by atoms with Crippen molar-refractivity contribution in [3.63, 3.8) is 0 Å². The number of aromatic amines is 1. The van der Waals surface area contributed by atoms with Gasteiger partial charge in [-0.3, -0.25) is 9.67 Å². The molecular weight excluding hydrogens is 222 g/mol. The van der Waals surface area contributed by atoms with Crippen LogP contribution < -0.4 is 0 Å². The summed E-state index contributed by atoms with van der Waals surface area (Å²) in [6.45, 7) is 7.04. The minimum atomic E-state index is 0.513. The molecule has 0 spiro atoms. The van der Waals surface area contributed by atoms with Gasteiger partial charge in [-0.25, -0.2) is 0 Å². The van der Waals surface area contributed by atoms with Gasteiger partial charge >= 0.3 is 0 Å². The molecule has 16 heavy (non-hydrogen) atoms. The van der Waals surface area contributed by atoms with Gasteiger partial charge in [-0.1, -0.05) is 13.8 Å². The van der Waals surface area contributed by atoms with Gasteiger partial charge in [0.25, 0.3) is 0 Å². The minimum absolute atomic E-state index is 0.513. The zero-order chi connectivity index (χ0) is 11.7. The van der Waals surface area contributed by atoms with Crippen LogP contribution in [0.15, 0.2) is 16.5 Å². The van der Waals surface area contributed by atoms with E-state index in [2.05, 4.69) is 24.0 Å². The summed E-state index contributed by atoms with van der Waals surface area (Å²) in [6, 6.07) is 3.84. The Kier molecular flexibility index (Phi) is 2.96. The molecule has 86 valence electrons. The molecule has 0 atom stereocenters. The quantitative estimate of drug-likeness (QED) is 0.834. The SMILES string of the molecule is Cc1ccc(-c2n[nH]c(=S)n2CC(C)C)o1. The summed E-state index contributed by atoms with van der Waals surface area (Å²) < 4.78 is 8.16. The summed E-state index contributed by atoms with van der Waals surface area (Å²) in [5.74, 6) is 2.91. The summed E-state index contributed by atoms with van der Waals surface area (Å²) in [7, 11) is 0. The van der Waals surface area contributed by atoms with Gasteiger partial charge in [0.2, 0.25) is 0 Å². The van der Waals surface area contributed by atoms with Gasteiger partial charge in [-0.15, -0.1) is 0 Å². The summed E-state index contributed by atoms with van der Waals surface area (Å²) in [5, 5.41) is 7.01. The number of rotatable bonds is 3. The summed E-state index contributed by atoms with van der Waals surface area (Å²) in [4.78, 5) is 0. The Morgan fingerprint density at radius 1 is 1.50 bits per heavy atom. The second kappa shape index (κ2) is 4.25. The van der Waals surface area contributed by atoms with Crippen LogP contribution in [0.4, 0.5) is 0 Å². The first-order valence-electron chi connectivity index (χ1n) is 5.30. The molecule has 2 rings (SSSR count). The molecule has 0 aliphatic heterocycles. The van der Waals surface area contributed by atoms with E-state index in [4.69, 9.17) is 16.6 Å². The van der Waals surface area contributed by atoms with Gasteiger partial charge < -0.3 is 4.42 Å². The van der Waals surface area contributed by atoms with E-state index in [9.17, 15) is 0 Å². The van der Waals surface area contributed by atoms with E-state index in [-0.39, 0.29) is 0 Å². The maximum atomic E-state index is 5.56. The van der Waals surface area contributed by atoms with E-state index in [0.717, 1.165) is 23.9 Å². The van der Waals surface area contributed by atoms with Crippen molar-refractivity contribution in [2.75, 3.05) is 0 Å². The Balaban J connectivity index is 2.45. The summed E-state index contributed by atoms with van der Waals surface area (Å²) in [5.41, 5.74) is 0. The number of aromatic nitrogens is 3. The van der Waals surface area contributed by atoms with Crippen LogP contribution >= 0.6 is 12.2 Å². The van der Waals surface area contributed by atoms with Gasteiger partial charge in [-0.05, 0) is 37.2 Å². The standard InChI is InChI=1S/C11H15N3OS/c1-7(2)6-14-10(12-13-11(14)16)9-5-4-8(3)15-9/h4-5,7H,6H2,1-3H3,(H,13,16). The molecule has 0 bridgehead atoms. The number of H-pyrrole nitrogens is 1. The van der Waals surface area contributed by atoms with E-state index in [1.54, 1.807) is 0 Å². The largest absolute Gasteiger partial charge is 0.458 e. The molecule has 0 aliphatic carbocycles. The van der Waals surface area contributed by atoms with Gasteiger partial charge in [-0.2, -0.15) is 5.10 Å². The molecule has 0 aromatic carbocycles. The first-order chi connectivity index (χ1) is 7.58. The molecule has 2 aromatic heterocycles. The maximum absolute atomic E-state index is 5.56. The normalized spacial score (nSPS) is 11.2. The molecule has 2 heterocycles. The fourth-order valence-electron chi connectivity index (χ4n) is 1.60. The third-order valence-corrected chi connectivity index (χ3v) is 2.58. The Morgan fingerprint density at radius 2 is 2.25 bits per heavy atom. The molecule has 0 saturated heterocycles. The number of hydrogen-bond donors (Lipinski definition) is 1. The van der Waals surface area contributed by atoms with Gasteiger partial charge in [0.05, 0.1) is 0 Å². The second-order valence-corrected chi connectivity index (χ2v) is 4.65. The molecule has 1 N–H and O–H groups in total. The van der Waals surface area contributed by atoms with Crippen LogP contribution in [0, 0.1) is 17.6 Å². The zero-order valence-electron chi connectivity index (χ0n) is 9.65. The van der Waals surface area contributed by atoms with E-state index in [1.165, 1.54) is 0 Å². The van der Waals surface area contributed by atoms with Crippen LogP contribution in [-0.2, 0) is 6.54 Å². The lowest BCUT2D eigenvalue weighted by Crippen LogP contribution is -2.06. The van der Waals surface area contributed by atoms with Crippen molar-refractivity contribution >= 4 is 12.2 Å². The lowest BCUT2D eigenvalue weighted by atomic mass is 10.2. The number of nitrogens with zero attached hydrogens (tertiary/aromatic N) is 2. The highest BCUT2D eigenvalue weighted by Gasteiger charge is 2.12. The highest BCUT2D eigenvalue weighted by atomic mass is 32.1. The zero-order valence-corrected chi connectivity index (χ0v) is 10.5. The molecule has 4 nitrogen and oxygen atoms in total.